The molecular weight excluding hydrogens is 1680 g/mol. The van der Waals surface area contributed by atoms with Crippen molar-refractivity contribution >= 4 is 126 Å². The van der Waals surface area contributed by atoms with Crippen molar-refractivity contribution in [3.63, 3.8) is 0 Å². The number of nitrogens with zero attached hydrogens (tertiary/aromatic N) is 18. The molecule has 0 fully saturated rings. The van der Waals surface area contributed by atoms with Crippen LogP contribution >= 0.6 is 90.7 Å². The van der Waals surface area contributed by atoms with E-state index in [0.717, 1.165) is 130 Å². The highest BCUT2D eigenvalue weighted by Gasteiger charge is 2.39. The molecule has 10 aromatic rings. The third kappa shape index (κ3) is 21.1. The van der Waals surface area contributed by atoms with Gasteiger partial charge in [0.25, 0.3) is 0 Å². The minimum Gasteiger partial charge on any atom is -0.444 e. The first-order valence-electron chi connectivity index (χ1n) is 39.4. The predicted octanol–water partition coefficient (Wildman–Crippen LogP) is 8.87. The molecule has 6 unspecified atom stereocenters. The Bertz CT molecular complexity index is 5050. The largest absolute Gasteiger partial charge is 0.444 e. The molecule has 0 radical (unpaired) electrons. The van der Waals surface area contributed by atoms with Gasteiger partial charge < -0.3 is 70.1 Å². The SMILES string of the molecule is CNC1C(=O)N(CC2=CC(C)(C)C=C2)CCc2ncsc21.CNC1C(=O)N(CC2=CC=CC2(C)C)CCc2ncsc21.CNC1C(=O)N(Cc2cnc(C)o2)CCc2ncsc21.CNC1C(=O)N(Cc2cnc(C)s2)CCc2ncsc21.CNC1C(=O)N(Cc2nnco2)CCc2ncsc21.CNC1C(=O)N(Cc2nncs2)CCc2ncsc21. The average Bonchev–Trinajstić information content (AvgIpc) is 2.41. The fraction of sp³-hybridized carbons (Fsp3) is 0.475. The van der Waals surface area contributed by atoms with Crippen molar-refractivity contribution in [2.45, 2.75) is 142 Å². The Morgan fingerprint density at radius 1 is 0.425 bits per heavy atom. The van der Waals surface area contributed by atoms with Crippen LogP contribution in [0.3, 0.4) is 0 Å². The number of carbonyl (C=O) groups excluding carboxylic acids is 6. The number of likely N-dealkylation sites (N-methyl/N-ethyl adjacent to an activating group) is 6. The first kappa shape index (κ1) is 88.6. The topological polar surface area (TPSA) is 375 Å². The average molecular weight is 1780 g/mol. The van der Waals surface area contributed by atoms with Crippen molar-refractivity contribution < 1.29 is 37.6 Å². The van der Waals surface area contributed by atoms with Gasteiger partial charge in [-0.05, 0) is 60.4 Å². The molecule has 16 heterocycles. The van der Waals surface area contributed by atoms with Crippen LogP contribution in [0.5, 0.6) is 0 Å². The van der Waals surface area contributed by atoms with Crippen molar-refractivity contribution in [3.05, 3.63) is 201 Å². The molecule has 6 aliphatic heterocycles. The van der Waals surface area contributed by atoms with Crippen LogP contribution in [-0.4, -0.2) is 220 Å². The summed E-state index contributed by atoms with van der Waals surface area (Å²) < 4.78 is 10.6. The van der Waals surface area contributed by atoms with Gasteiger partial charge in [-0.2, -0.15) is 0 Å². The second-order valence-electron chi connectivity index (χ2n) is 30.4. The monoisotopic (exact) mass is 1780 g/mol. The molecular formula is C80H100N24O8S8. The fourth-order valence-electron chi connectivity index (χ4n) is 15.1. The van der Waals surface area contributed by atoms with Crippen LogP contribution in [-0.2, 0) is 93.5 Å². The summed E-state index contributed by atoms with van der Waals surface area (Å²) in [6.45, 7) is 20.0. The van der Waals surface area contributed by atoms with E-state index in [2.05, 4.69) is 156 Å². The van der Waals surface area contributed by atoms with Crippen molar-refractivity contribution in [1.29, 1.82) is 0 Å². The molecule has 2 aliphatic carbocycles. The van der Waals surface area contributed by atoms with Crippen molar-refractivity contribution in [3.8, 4) is 0 Å². The first-order chi connectivity index (χ1) is 58.0. The van der Waals surface area contributed by atoms with Crippen LogP contribution < -0.4 is 31.9 Å². The Morgan fingerprint density at radius 2 is 0.817 bits per heavy atom. The summed E-state index contributed by atoms with van der Waals surface area (Å²) in [6.07, 6.45) is 22.6. The maximum Gasteiger partial charge on any atom is 0.245 e. The molecule has 0 spiro atoms. The van der Waals surface area contributed by atoms with E-state index < -0.39 is 0 Å². The lowest BCUT2D eigenvalue weighted by Crippen LogP contribution is -2.41. The van der Waals surface area contributed by atoms with E-state index in [1.807, 2.05) is 75.9 Å². The van der Waals surface area contributed by atoms with Crippen LogP contribution in [0.1, 0.15) is 160 Å². The van der Waals surface area contributed by atoms with Gasteiger partial charge in [0.1, 0.15) is 52.5 Å². The van der Waals surface area contributed by atoms with Crippen LogP contribution in [0.4, 0.5) is 0 Å². The summed E-state index contributed by atoms with van der Waals surface area (Å²) in [6, 6.07) is -1.73. The van der Waals surface area contributed by atoms with Crippen molar-refractivity contribution in [2.24, 2.45) is 10.8 Å². The number of oxazole rings is 1. The molecule has 32 nitrogen and oxygen atoms in total. The summed E-state index contributed by atoms with van der Waals surface area (Å²) in [5.74, 6) is 2.37. The molecule has 10 aromatic heterocycles. The highest BCUT2D eigenvalue weighted by Crippen LogP contribution is 2.38. The Kier molecular flexibility index (Phi) is 30.1. The fourth-order valence-corrected chi connectivity index (χ4v) is 22.1. The van der Waals surface area contributed by atoms with E-state index in [1.165, 1.54) is 62.9 Å². The number of hydrogen-bond donors (Lipinski definition) is 6. The molecule has 0 aromatic carbocycles. The quantitative estimate of drug-likeness (QED) is 0.0467. The predicted molar refractivity (Wildman–Crippen MR) is 465 cm³/mol. The van der Waals surface area contributed by atoms with Gasteiger partial charge in [-0.25, -0.2) is 39.9 Å². The van der Waals surface area contributed by atoms with Gasteiger partial charge in [-0.3, -0.25) is 28.8 Å². The van der Waals surface area contributed by atoms with E-state index in [-0.39, 0.29) is 82.5 Å². The smallest absolute Gasteiger partial charge is 0.245 e. The summed E-state index contributed by atoms with van der Waals surface area (Å²) in [5.41, 5.74) is 21.5. The van der Waals surface area contributed by atoms with Gasteiger partial charge in [0.2, 0.25) is 47.7 Å². The lowest BCUT2D eigenvalue weighted by molar-refractivity contribution is -0.134. The van der Waals surface area contributed by atoms with E-state index in [0.29, 0.717) is 83.0 Å². The highest BCUT2D eigenvalue weighted by molar-refractivity contribution is 7.12. The first-order valence-corrected chi connectivity index (χ1v) is 46.4. The third-order valence-electron chi connectivity index (χ3n) is 21.6. The molecule has 6 N–H and O–H groups in total. The number of aryl methyl sites for hydroxylation is 2. The summed E-state index contributed by atoms with van der Waals surface area (Å²) in [4.78, 5) is 129. The van der Waals surface area contributed by atoms with E-state index in [1.54, 1.807) is 106 Å². The van der Waals surface area contributed by atoms with Gasteiger partial charge in [0.15, 0.2) is 5.89 Å². The molecule has 6 amide bonds. The number of fused-ring (bicyclic) bond motifs is 6. The molecule has 0 saturated carbocycles. The zero-order valence-electron chi connectivity index (χ0n) is 69.0. The second kappa shape index (κ2) is 40.7. The molecule has 6 atom stereocenters. The van der Waals surface area contributed by atoms with Crippen LogP contribution in [0.2, 0.25) is 0 Å². The zero-order chi connectivity index (χ0) is 84.8. The van der Waals surface area contributed by atoms with Gasteiger partial charge >= 0.3 is 0 Å². The maximum absolute atomic E-state index is 12.8. The van der Waals surface area contributed by atoms with Crippen LogP contribution in [0.15, 0.2) is 114 Å². The molecule has 0 bridgehead atoms. The van der Waals surface area contributed by atoms with E-state index in [9.17, 15) is 28.8 Å². The maximum atomic E-state index is 12.8. The second-order valence-corrected chi connectivity index (χ2v) is 37.9. The molecule has 40 heteroatoms. The number of amides is 6. The Labute approximate surface area is 728 Å². The summed E-state index contributed by atoms with van der Waals surface area (Å²) in [7, 11) is 10.9. The zero-order valence-corrected chi connectivity index (χ0v) is 75.5. The molecule has 18 rings (SSSR count). The van der Waals surface area contributed by atoms with Gasteiger partial charge in [-0.15, -0.1) is 111 Å². The van der Waals surface area contributed by atoms with Gasteiger partial charge in [0.05, 0.1) is 134 Å². The number of carbonyl (C=O) groups is 6. The standard InChI is InChI=1S/2C16H21N3OS.C13H16N4O2S.C13H16N4OS2.C11H13N5O2S.C11H13N5OS2/c1-16(2)6-4-11(8-16)9-19-7-5-12-14(21-10-18-12)13(17-3)15(19)20;1-16(2)7-4-5-11(16)9-19-8-6-12-14(21-10-18-12)13(17-3)15(19)20;1-8-15-5-9(19-8)6-17-4-3-10-12(20-7-16-10)11(14-2)13(17)18;1-8-15-5-9(20-8)6-17-4-3-10-12(19-7-16-10)11(14-2)13(17)18;1-12-9-10-7(13-6-19-10)2-3-16(11(9)17)4-8-15-14-5-18-8;1-12-9-10-7(13-5-19-10)2-3-16(11(9)17)4-8-15-14-6-18-8/h4,6,8,10,13,17H,5,7,9H2,1-3H3;4-5,7,10,13,17H,6,8-9H2,1-3H3;2*5,7,11,14H,3-4,6H2,1-2H3;2*5-6,9,12H,2-4H2,1H3. The minimum absolute atomic E-state index is 0.0173. The Hall–Kier alpha value is -9.14. The van der Waals surface area contributed by atoms with Crippen molar-refractivity contribution in [2.75, 3.05) is 94.6 Å². The van der Waals surface area contributed by atoms with Crippen LogP contribution in [0, 0.1) is 24.7 Å². The molecule has 636 valence electrons. The van der Waals surface area contributed by atoms with Gasteiger partial charge in [-0.1, -0.05) is 64.2 Å². The molecule has 8 aliphatic rings. The highest BCUT2D eigenvalue weighted by atomic mass is 32.1. The summed E-state index contributed by atoms with van der Waals surface area (Å²) in [5, 5.41) is 35.8. The molecule has 0 saturated heterocycles. The van der Waals surface area contributed by atoms with Gasteiger partial charge in [0, 0.05) is 120 Å². The number of aromatic nitrogens is 12. The van der Waals surface area contributed by atoms with E-state index in [4.69, 9.17) is 8.83 Å². The lowest BCUT2D eigenvalue weighted by Gasteiger charge is -2.29. The normalized spacial score (nSPS) is 20.8. The van der Waals surface area contributed by atoms with Crippen molar-refractivity contribution in [1.82, 2.24) is 122 Å². The molecule has 120 heavy (non-hydrogen) atoms. The number of nitrogens with one attached hydrogen (secondary N) is 6. The number of allylic oxidation sites excluding steroid dienone is 5. The summed E-state index contributed by atoms with van der Waals surface area (Å²) >= 11 is 12.4. The number of hydrogen-bond acceptors (Lipinski definition) is 34. The lowest BCUT2D eigenvalue weighted by atomic mass is 9.87. The minimum atomic E-state index is -0.340. The Morgan fingerprint density at radius 3 is 1.14 bits per heavy atom. The van der Waals surface area contributed by atoms with Crippen LogP contribution in [0.25, 0.3) is 0 Å². The third-order valence-corrected chi connectivity index (χ3v) is 28.8. The van der Waals surface area contributed by atoms with E-state index >= 15 is 0 Å². The number of thiazole rings is 7. The Balaban J connectivity index is 0.000000125. The number of rotatable bonds is 18.